The minimum atomic E-state index is -0.370. The van der Waals surface area contributed by atoms with E-state index in [1.54, 1.807) is 17.0 Å². The fourth-order valence-electron chi connectivity index (χ4n) is 2.07. The second-order valence-electron chi connectivity index (χ2n) is 5.03. The molecule has 2 amide bonds. The number of anilines is 1. The van der Waals surface area contributed by atoms with Crippen LogP contribution in [0.2, 0.25) is 0 Å². The normalized spacial score (nSPS) is 21.6. The number of amides is 2. The number of nitrogens with one attached hydrogen (secondary N) is 1. The summed E-state index contributed by atoms with van der Waals surface area (Å²) in [5, 5.41) is 6.41. The van der Waals surface area contributed by atoms with E-state index in [-0.39, 0.29) is 18.2 Å². The molecule has 0 bridgehead atoms. The second-order valence-corrected chi connectivity index (χ2v) is 5.03. The SMILES string of the molecule is CC(=NC1CC1)n1ncc(C=C2CC(=O)NC2=O)c1N. The number of hydrogen-bond acceptors (Lipinski definition) is 5. The van der Waals surface area contributed by atoms with Crippen molar-refractivity contribution in [3.05, 3.63) is 17.3 Å². The number of nitrogens with zero attached hydrogens (tertiary/aromatic N) is 3. The first-order valence-corrected chi connectivity index (χ1v) is 6.47. The Bertz CT molecular complexity index is 652. The van der Waals surface area contributed by atoms with Crippen LogP contribution in [0.25, 0.3) is 6.08 Å². The van der Waals surface area contributed by atoms with Gasteiger partial charge in [-0.05, 0) is 25.8 Å². The van der Waals surface area contributed by atoms with Crippen LogP contribution in [0.1, 0.15) is 31.7 Å². The number of carbonyl (C=O) groups excluding carboxylic acids is 2. The molecule has 0 aromatic carbocycles. The summed E-state index contributed by atoms with van der Waals surface area (Å²) >= 11 is 0. The van der Waals surface area contributed by atoms with Crippen molar-refractivity contribution in [2.45, 2.75) is 32.2 Å². The van der Waals surface area contributed by atoms with Gasteiger partial charge in [0.25, 0.3) is 5.91 Å². The molecule has 0 radical (unpaired) electrons. The molecule has 2 fully saturated rings. The molecule has 1 aliphatic carbocycles. The molecule has 20 heavy (non-hydrogen) atoms. The Balaban J connectivity index is 1.89. The van der Waals surface area contributed by atoms with E-state index in [9.17, 15) is 9.59 Å². The molecule has 3 N–H and O–H groups in total. The predicted molar refractivity (Wildman–Crippen MR) is 73.9 cm³/mol. The zero-order valence-electron chi connectivity index (χ0n) is 11.1. The van der Waals surface area contributed by atoms with Crippen molar-refractivity contribution >= 4 is 29.5 Å². The molecule has 1 saturated heterocycles. The molecule has 0 atom stereocenters. The number of aliphatic imine (C=N–C) groups is 1. The van der Waals surface area contributed by atoms with E-state index in [4.69, 9.17) is 5.73 Å². The largest absolute Gasteiger partial charge is 0.383 e. The Labute approximate surface area is 115 Å². The van der Waals surface area contributed by atoms with Gasteiger partial charge in [0.2, 0.25) is 5.91 Å². The van der Waals surface area contributed by atoms with E-state index in [1.165, 1.54) is 0 Å². The lowest BCUT2D eigenvalue weighted by atomic mass is 10.1. The molecule has 7 heteroatoms. The van der Waals surface area contributed by atoms with Gasteiger partial charge < -0.3 is 5.73 Å². The Morgan fingerprint density at radius 2 is 2.30 bits per heavy atom. The zero-order chi connectivity index (χ0) is 14.3. The van der Waals surface area contributed by atoms with E-state index in [2.05, 4.69) is 15.4 Å². The Hall–Kier alpha value is -2.44. The van der Waals surface area contributed by atoms with E-state index in [1.807, 2.05) is 6.92 Å². The standard InChI is InChI=1S/C13H15N5O2/c1-7(16-10-2-3-10)18-12(14)9(6-15-18)4-8-5-11(19)17-13(8)20/h4,6,10H,2-3,5,14H2,1H3,(H,17,19,20). The first-order valence-electron chi connectivity index (χ1n) is 6.47. The lowest BCUT2D eigenvalue weighted by Crippen LogP contribution is -2.19. The summed E-state index contributed by atoms with van der Waals surface area (Å²) in [6.45, 7) is 1.85. The summed E-state index contributed by atoms with van der Waals surface area (Å²) in [4.78, 5) is 27.1. The van der Waals surface area contributed by atoms with E-state index >= 15 is 0 Å². The molecule has 0 unspecified atom stereocenters. The third-order valence-electron chi connectivity index (χ3n) is 3.28. The van der Waals surface area contributed by atoms with Crippen molar-refractivity contribution < 1.29 is 9.59 Å². The highest BCUT2D eigenvalue weighted by molar-refractivity contribution is 6.15. The lowest BCUT2D eigenvalue weighted by Gasteiger charge is -2.03. The topological polar surface area (TPSA) is 102 Å². The minimum absolute atomic E-state index is 0.0819. The number of hydrogen-bond donors (Lipinski definition) is 2. The van der Waals surface area contributed by atoms with Gasteiger partial charge in [0.05, 0.1) is 18.7 Å². The highest BCUT2D eigenvalue weighted by Gasteiger charge is 2.25. The maximum Gasteiger partial charge on any atom is 0.254 e. The van der Waals surface area contributed by atoms with Gasteiger partial charge in [-0.1, -0.05) is 0 Å². The number of carbonyl (C=O) groups is 2. The summed E-state index contributed by atoms with van der Waals surface area (Å²) < 4.78 is 1.55. The monoisotopic (exact) mass is 273 g/mol. The quantitative estimate of drug-likeness (QED) is 0.350. The van der Waals surface area contributed by atoms with Gasteiger partial charge in [0.15, 0.2) is 0 Å². The highest BCUT2D eigenvalue weighted by atomic mass is 16.2. The van der Waals surface area contributed by atoms with Crippen LogP contribution in [0.3, 0.4) is 0 Å². The van der Waals surface area contributed by atoms with Gasteiger partial charge in [0, 0.05) is 11.1 Å². The van der Waals surface area contributed by atoms with Crippen LogP contribution in [0.4, 0.5) is 5.82 Å². The lowest BCUT2D eigenvalue weighted by molar-refractivity contribution is -0.124. The summed E-state index contributed by atoms with van der Waals surface area (Å²) in [7, 11) is 0. The first kappa shape index (κ1) is 12.6. The first-order chi connectivity index (χ1) is 9.54. The Morgan fingerprint density at radius 3 is 2.90 bits per heavy atom. The van der Waals surface area contributed by atoms with Gasteiger partial charge in [-0.2, -0.15) is 5.10 Å². The number of nitrogen functional groups attached to an aromatic ring is 1. The number of nitrogens with two attached hydrogens (primary N) is 1. The van der Waals surface area contributed by atoms with Gasteiger partial charge in [-0.25, -0.2) is 4.68 Å². The van der Waals surface area contributed by atoms with Crippen LogP contribution in [-0.4, -0.2) is 33.5 Å². The molecule has 7 nitrogen and oxygen atoms in total. The van der Waals surface area contributed by atoms with Crippen LogP contribution >= 0.6 is 0 Å². The van der Waals surface area contributed by atoms with E-state index in [0.717, 1.165) is 18.7 Å². The van der Waals surface area contributed by atoms with Crippen molar-refractivity contribution in [3.63, 3.8) is 0 Å². The van der Waals surface area contributed by atoms with E-state index in [0.29, 0.717) is 23.0 Å². The van der Waals surface area contributed by atoms with Crippen molar-refractivity contribution in [1.29, 1.82) is 0 Å². The van der Waals surface area contributed by atoms with Crippen molar-refractivity contribution in [2.24, 2.45) is 4.99 Å². The average Bonchev–Trinajstić information content (AvgIpc) is 3.04. The highest BCUT2D eigenvalue weighted by Crippen LogP contribution is 2.24. The van der Waals surface area contributed by atoms with Gasteiger partial charge >= 0.3 is 0 Å². The summed E-state index contributed by atoms with van der Waals surface area (Å²) in [6.07, 6.45) is 5.47. The fourth-order valence-corrected chi connectivity index (χ4v) is 2.07. The Kier molecular flexibility index (Phi) is 2.89. The molecule has 2 aliphatic rings. The zero-order valence-corrected chi connectivity index (χ0v) is 11.1. The van der Waals surface area contributed by atoms with Crippen molar-refractivity contribution in [3.8, 4) is 0 Å². The molecule has 104 valence electrons. The molecule has 3 rings (SSSR count). The van der Waals surface area contributed by atoms with Crippen LogP contribution in [0, 0.1) is 0 Å². The molecule has 2 heterocycles. The number of rotatable bonds is 2. The number of aromatic nitrogens is 2. The van der Waals surface area contributed by atoms with E-state index < -0.39 is 0 Å². The fraction of sp³-hybridized carbons (Fsp3) is 0.385. The third-order valence-corrected chi connectivity index (χ3v) is 3.28. The number of imide groups is 1. The Morgan fingerprint density at radius 1 is 1.55 bits per heavy atom. The molecular weight excluding hydrogens is 258 g/mol. The van der Waals surface area contributed by atoms with Crippen molar-refractivity contribution in [1.82, 2.24) is 15.1 Å². The van der Waals surface area contributed by atoms with Crippen molar-refractivity contribution in [2.75, 3.05) is 5.73 Å². The van der Waals surface area contributed by atoms with Crippen LogP contribution < -0.4 is 11.1 Å². The van der Waals surface area contributed by atoms with Gasteiger partial charge in [-0.15, -0.1) is 0 Å². The summed E-state index contributed by atoms with van der Waals surface area (Å²) in [5.74, 6) is 0.498. The minimum Gasteiger partial charge on any atom is -0.383 e. The molecule has 1 aromatic heterocycles. The molecule has 0 spiro atoms. The van der Waals surface area contributed by atoms with Crippen LogP contribution in [0.15, 0.2) is 16.8 Å². The third kappa shape index (κ3) is 2.34. The van der Waals surface area contributed by atoms with Gasteiger partial charge in [0.1, 0.15) is 11.7 Å². The smallest absolute Gasteiger partial charge is 0.254 e. The molecular formula is C13H15N5O2. The molecule has 1 aliphatic heterocycles. The van der Waals surface area contributed by atoms with Crippen LogP contribution in [0.5, 0.6) is 0 Å². The molecule has 1 saturated carbocycles. The maximum atomic E-state index is 11.5. The maximum absolute atomic E-state index is 11.5. The summed E-state index contributed by atoms with van der Waals surface area (Å²) in [6, 6.07) is 0.388. The van der Waals surface area contributed by atoms with Gasteiger partial charge in [-0.3, -0.25) is 19.9 Å². The second kappa shape index (κ2) is 4.59. The predicted octanol–water partition coefficient (Wildman–Crippen LogP) is 0.324. The molecule has 1 aromatic rings. The average molecular weight is 273 g/mol. The summed E-state index contributed by atoms with van der Waals surface area (Å²) in [5.41, 5.74) is 7.04. The van der Waals surface area contributed by atoms with Crippen LogP contribution in [-0.2, 0) is 9.59 Å².